The molecule has 0 spiro atoms. The molecule has 0 fully saturated rings. The number of benzene rings is 10. The van der Waals surface area contributed by atoms with Crippen LogP contribution in [-0.2, 0) is 0 Å². The summed E-state index contributed by atoms with van der Waals surface area (Å²) in [5.41, 5.74) is 22.9. The first-order valence-electron chi connectivity index (χ1n) is 25.9. The van der Waals surface area contributed by atoms with Gasteiger partial charge in [-0.15, -0.1) is 0 Å². The summed E-state index contributed by atoms with van der Waals surface area (Å²) in [6.45, 7) is 13.2. The summed E-state index contributed by atoms with van der Waals surface area (Å²) >= 11 is 0. The van der Waals surface area contributed by atoms with Gasteiger partial charge in [-0.3, -0.25) is 0 Å². The smallest absolute Gasteiger partial charge is 0.164 e. The fraction of sp³-hybridized carbons (Fsp3) is 0.0857. The first kappa shape index (κ1) is 46.1. The average Bonchev–Trinajstić information content (AvgIpc) is 4.02. The number of nitrogens with zero attached hydrogens (tertiary/aromatic N) is 6. The van der Waals surface area contributed by atoms with Gasteiger partial charge in [0.05, 0.1) is 45.1 Å². The number of fused-ring (bicyclic) bond motifs is 6. The third-order valence-electron chi connectivity index (χ3n) is 15.2. The predicted octanol–water partition coefficient (Wildman–Crippen LogP) is 17.8. The van der Waals surface area contributed by atoms with Crippen LogP contribution in [0.3, 0.4) is 0 Å². The molecule has 0 N–H and O–H groups in total. The molecule has 0 aliphatic rings. The van der Waals surface area contributed by atoms with Crippen LogP contribution in [0.15, 0.2) is 206 Å². The van der Waals surface area contributed by atoms with Crippen LogP contribution in [0.1, 0.15) is 38.9 Å². The summed E-state index contributed by atoms with van der Waals surface area (Å²) in [6.07, 6.45) is 0. The van der Waals surface area contributed by atoms with Crippen molar-refractivity contribution in [3.05, 3.63) is 245 Å². The van der Waals surface area contributed by atoms with Crippen molar-refractivity contribution < 1.29 is 0 Å². The van der Waals surface area contributed by atoms with Gasteiger partial charge in [0.15, 0.2) is 17.5 Å². The monoisotopic (exact) mass is 976 g/mol. The summed E-state index contributed by atoms with van der Waals surface area (Å²) in [7, 11) is 0. The van der Waals surface area contributed by atoms with Crippen LogP contribution in [0.2, 0.25) is 0 Å². The maximum absolute atomic E-state index is 11.6. The Balaban J connectivity index is 1.15. The Kier molecular flexibility index (Phi) is 11.1. The van der Waals surface area contributed by atoms with E-state index in [-0.39, 0.29) is 0 Å². The highest BCUT2D eigenvalue weighted by molar-refractivity contribution is 6.13. The lowest BCUT2D eigenvalue weighted by Crippen LogP contribution is -2.07. The summed E-state index contributed by atoms with van der Waals surface area (Å²) in [5.74, 6) is 1.60. The van der Waals surface area contributed by atoms with Crippen molar-refractivity contribution in [3.8, 4) is 85.0 Å². The van der Waals surface area contributed by atoms with Crippen LogP contribution in [0.5, 0.6) is 0 Å². The number of aromatic nitrogens is 5. The van der Waals surface area contributed by atoms with Crippen molar-refractivity contribution in [1.82, 2.24) is 24.1 Å². The lowest BCUT2D eigenvalue weighted by Gasteiger charge is -2.22. The van der Waals surface area contributed by atoms with Gasteiger partial charge in [-0.1, -0.05) is 163 Å². The molecule has 6 nitrogen and oxygen atoms in total. The second kappa shape index (κ2) is 18.3. The Morgan fingerprint density at radius 2 is 0.737 bits per heavy atom. The van der Waals surface area contributed by atoms with Crippen molar-refractivity contribution in [2.45, 2.75) is 41.5 Å². The van der Waals surface area contributed by atoms with Crippen LogP contribution in [-0.4, -0.2) is 24.1 Å². The Morgan fingerprint density at radius 1 is 0.329 bits per heavy atom. The van der Waals surface area contributed by atoms with Crippen LogP contribution >= 0.6 is 0 Å². The Morgan fingerprint density at radius 3 is 1.21 bits per heavy atom. The standard InChI is InChI=1S/C70H52N6/c1-42-35-44(3)64(45(4)36-42)50-31-33-60-56(39-50)53-24-13-15-27-58(53)75(60)62-29-17-23-52(41-71)66(62)67-55(70-73-68(48-19-9-7-10-20-48)72-69(74-70)49-21-11-8-12-22-49)26-18-30-63(67)76-59-28-16-14-25-54(59)57-40-51(32-34-61(57)76)65-46(5)37-43(2)38-47(65)6/h7-40H,1-6H3. The molecule has 0 aliphatic carbocycles. The molecule has 10 aromatic carbocycles. The summed E-state index contributed by atoms with van der Waals surface area (Å²) < 4.78 is 4.73. The van der Waals surface area contributed by atoms with E-state index >= 15 is 0 Å². The molecule has 362 valence electrons. The van der Waals surface area contributed by atoms with E-state index in [9.17, 15) is 5.26 Å². The van der Waals surface area contributed by atoms with Crippen LogP contribution < -0.4 is 0 Å². The lowest BCUT2D eigenvalue weighted by atomic mass is 9.91. The highest BCUT2D eigenvalue weighted by Crippen LogP contribution is 2.47. The van der Waals surface area contributed by atoms with Gasteiger partial charge in [0, 0.05) is 49.4 Å². The molecule has 0 saturated heterocycles. The summed E-state index contributed by atoms with van der Waals surface area (Å²) in [6, 6.07) is 75.5. The summed E-state index contributed by atoms with van der Waals surface area (Å²) in [5, 5.41) is 16.1. The van der Waals surface area contributed by atoms with Gasteiger partial charge in [0.25, 0.3) is 0 Å². The molecule has 0 radical (unpaired) electrons. The molecule has 0 saturated carbocycles. The minimum Gasteiger partial charge on any atom is -0.309 e. The normalized spacial score (nSPS) is 11.5. The van der Waals surface area contributed by atoms with Gasteiger partial charge < -0.3 is 9.13 Å². The highest BCUT2D eigenvalue weighted by atomic mass is 15.0. The molecule has 0 unspecified atom stereocenters. The molecular formula is C70H52N6. The highest BCUT2D eigenvalue weighted by Gasteiger charge is 2.28. The van der Waals surface area contributed by atoms with Crippen LogP contribution in [0, 0.1) is 52.9 Å². The molecule has 13 aromatic rings. The van der Waals surface area contributed by atoms with E-state index in [4.69, 9.17) is 15.0 Å². The average molecular weight is 977 g/mol. The first-order valence-corrected chi connectivity index (χ1v) is 25.9. The molecule has 0 bridgehead atoms. The van der Waals surface area contributed by atoms with E-state index < -0.39 is 0 Å². The van der Waals surface area contributed by atoms with Gasteiger partial charge in [0.1, 0.15) is 0 Å². The van der Waals surface area contributed by atoms with E-state index in [0.29, 0.717) is 23.0 Å². The van der Waals surface area contributed by atoms with Gasteiger partial charge in [-0.2, -0.15) is 5.26 Å². The number of aryl methyl sites for hydroxylation is 6. The minimum absolute atomic E-state index is 0.493. The third kappa shape index (κ3) is 7.59. The number of nitriles is 1. The van der Waals surface area contributed by atoms with Crippen molar-refractivity contribution in [2.24, 2.45) is 0 Å². The quantitative estimate of drug-likeness (QED) is 0.152. The summed E-state index contributed by atoms with van der Waals surface area (Å²) in [4.78, 5) is 15.9. The van der Waals surface area contributed by atoms with Crippen LogP contribution in [0.25, 0.3) is 123 Å². The second-order valence-electron chi connectivity index (χ2n) is 20.3. The number of rotatable bonds is 8. The number of hydrogen-bond donors (Lipinski definition) is 0. The molecule has 3 aromatic heterocycles. The maximum Gasteiger partial charge on any atom is 0.164 e. The SMILES string of the molecule is Cc1cc(C)c(-c2ccc3c(c2)c2ccccc2n3-c2cccc(C#N)c2-c2c(-c3nc(-c4ccccc4)nc(-c4ccccc4)n3)cccc2-n2c3ccccc3c3cc(-c4c(C)cc(C)cc4C)ccc32)c(C)c1. The van der Waals surface area contributed by atoms with Gasteiger partial charge in [-0.25, -0.2) is 15.0 Å². The zero-order valence-corrected chi connectivity index (χ0v) is 43.3. The van der Waals surface area contributed by atoms with E-state index in [0.717, 1.165) is 82.8 Å². The van der Waals surface area contributed by atoms with Crippen LogP contribution in [0.4, 0.5) is 0 Å². The lowest BCUT2D eigenvalue weighted by molar-refractivity contribution is 1.07. The third-order valence-corrected chi connectivity index (χ3v) is 15.2. The predicted molar refractivity (Wildman–Crippen MR) is 314 cm³/mol. The molecule has 76 heavy (non-hydrogen) atoms. The van der Waals surface area contributed by atoms with Gasteiger partial charge in [-0.05, 0) is 141 Å². The molecule has 6 heteroatoms. The molecule has 3 heterocycles. The van der Waals surface area contributed by atoms with Gasteiger partial charge >= 0.3 is 0 Å². The van der Waals surface area contributed by atoms with Crippen molar-refractivity contribution >= 4 is 43.6 Å². The van der Waals surface area contributed by atoms with Crippen molar-refractivity contribution in [2.75, 3.05) is 0 Å². The minimum atomic E-state index is 0.493. The molecule has 0 atom stereocenters. The number of para-hydroxylation sites is 2. The molecule has 0 amide bonds. The Hall–Kier alpha value is -9.70. The zero-order valence-electron chi connectivity index (χ0n) is 43.3. The largest absolute Gasteiger partial charge is 0.309 e. The van der Waals surface area contributed by atoms with Gasteiger partial charge in [0.2, 0.25) is 0 Å². The van der Waals surface area contributed by atoms with E-state index in [1.54, 1.807) is 0 Å². The molecular weight excluding hydrogens is 925 g/mol. The molecule has 0 aliphatic heterocycles. The maximum atomic E-state index is 11.6. The van der Waals surface area contributed by atoms with E-state index in [2.05, 4.69) is 190 Å². The zero-order chi connectivity index (χ0) is 51.8. The fourth-order valence-corrected chi connectivity index (χ4v) is 12.2. The van der Waals surface area contributed by atoms with Crippen molar-refractivity contribution in [3.63, 3.8) is 0 Å². The topological polar surface area (TPSA) is 72.3 Å². The second-order valence-corrected chi connectivity index (χ2v) is 20.3. The Labute approximate surface area is 442 Å². The first-order chi connectivity index (χ1) is 37.1. The van der Waals surface area contributed by atoms with Crippen molar-refractivity contribution in [1.29, 1.82) is 5.26 Å². The Bertz CT molecular complexity index is 4430. The number of hydrogen-bond acceptors (Lipinski definition) is 4. The van der Waals surface area contributed by atoms with E-state index in [1.165, 1.54) is 55.6 Å². The fourth-order valence-electron chi connectivity index (χ4n) is 12.2. The van der Waals surface area contributed by atoms with E-state index in [1.807, 2.05) is 72.8 Å². The molecule has 13 rings (SSSR count).